The van der Waals surface area contributed by atoms with Gasteiger partial charge in [-0.1, -0.05) is 30.3 Å². The molecule has 0 N–H and O–H groups in total. The van der Waals surface area contributed by atoms with Gasteiger partial charge < -0.3 is 0 Å². The molecule has 0 saturated heterocycles. The maximum Gasteiger partial charge on any atom is 0.277 e. The summed E-state index contributed by atoms with van der Waals surface area (Å²) in [4.78, 5) is 16.3. The first kappa shape index (κ1) is 12.9. The normalized spacial score (nSPS) is 11.1. The second-order valence-electron chi connectivity index (χ2n) is 4.95. The lowest BCUT2D eigenvalue weighted by molar-refractivity contribution is -0.384. The highest BCUT2D eigenvalue weighted by Crippen LogP contribution is 2.36. The maximum atomic E-state index is 11.2. The molecule has 2 heterocycles. The standard InChI is InChI=1S/C17H10N2O2S/c20-19(21)15-7-3-1-5-12(15)11-9-14-13-6-2-4-8-16(13)22-17(14)18-10-11/h1-10H. The predicted molar refractivity (Wildman–Crippen MR) is 89.2 cm³/mol. The monoisotopic (exact) mass is 306 g/mol. The molecule has 2 aromatic carbocycles. The van der Waals surface area contributed by atoms with Crippen LogP contribution < -0.4 is 0 Å². The summed E-state index contributed by atoms with van der Waals surface area (Å²) in [5, 5.41) is 13.4. The summed E-state index contributed by atoms with van der Waals surface area (Å²) in [6.45, 7) is 0. The van der Waals surface area contributed by atoms with E-state index in [4.69, 9.17) is 0 Å². The van der Waals surface area contributed by atoms with Crippen molar-refractivity contribution in [3.05, 3.63) is 70.9 Å². The molecule has 0 aliphatic rings. The number of fused-ring (bicyclic) bond motifs is 3. The number of para-hydroxylation sites is 1. The molecule has 0 spiro atoms. The number of nitrogens with zero attached hydrogens (tertiary/aromatic N) is 2. The van der Waals surface area contributed by atoms with Crippen LogP contribution in [0.2, 0.25) is 0 Å². The number of thiophene rings is 1. The van der Waals surface area contributed by atoms with Crippen LogP contribution in [0.1, 0.15) is 0 Å². The molecule has 0 unspecified atom stereocenters. The Morgan fingerprint density at radius 1 is 1.00 bits per heavy atom. The van der Waals surface area contributed by atoms with Gasteiger partial charge >= 0.3 is 0 Å². The van der Waals surface area contributed by atoms with Crippen LogP contribution in [-0.2, 0) is 0 Å². The molecule has 4 nitrogen and oxygen atoms in total. The second-order valence-corrected chi connectivity index (χ2v) is 5.98. The molecule has 4 aromatic rings. The number of nitro benzene ring substituents is 1. The second kappa shape index (κ2) is 4.89. The average Bonchev–Trinajstić information content (AvgIpc) is 2.92. The van der Waals surface area contributed by atoms with Gasteiger partial charge in [0.15, 0.2) is 0 Å². The van der Waals surface area contributed by atoms with Crippen molar-refractivity contribution in [1.82, 2.24) is 4.98 Å². The summed E-state index contributed by atoms with van der Waals surface area (Å²) in [5.74, 6) is 0. The summed E-state index contributed by atoms with van der Waals surface area (Å²) < 4.78 is 1.17. The molecule has 0 atom stereocenters. The van der Waals surface area contributed by atoms with E-state index in [9.17, 15) is 10.1 Å². The van der Waals surface area contributed by atoms with E-state index in [2.05, 4.69) is 17.1 Å². The third-order valence-electron chi connectivity index (χ3n) is 3.65. The Bertz CT molecular complexity index is 1020. The minimum absolute atomic E-state index is 0.100. The van der Waals surface area contributed by atoms with Gasteiger partial charge in [-0.3, -0.25) is 10.1 Å². The summed E-state index contributed by atoms with van der Waals surface area (Å²) >= 11 is 1.63. The zero-order valence-corrected chi connectivity index (χ0v) is 12.2. The Hall–Kier alpha value is -2.79. The van der Waals surface area contributed by atoms with Gasteiger partial charge in [-0.25, -0.2) is 4.98 Å². The Balaban J connectivity index is 2.00. The van der Waals surface area contributed by atoms with Gasteiger partial charge in [-0.15, -0.1) is 11.3 Å². The van der Waals surface area contributed by atoms with E-state index in [0.717, 1.165) is 21.2 Å². The quantitative estimate of drug-likeness (QED) is 0.386. The van der Waals surface area contributed by atoms with Crippen molar-refractivity contribution < 1.29 is 4.92 Å². The number of aromatic nitrogens is 1. The Morgan fingerprint density at radius 2 is 1.77 bits per heavy atom. The predicted octanol–water partition coefficient (Wildman–Crippen LogP) is 5.02. The third kappa shape index (κ3) is 1.95. The number of benzene rings is 2. The van der Waals surface area contributed by atoms with Crippen molar-refractivity contribution in [2.75, 3.05) is 0 Å². The molecule has 106 valence electrons. The van der Waals surface area contributed by atoms with E-state index in [0.29, 0.717) is 5.56 Å². The molecule has 0 aliphatic carbocycles. The van der Waals surface area contributed by atoms with Crippen LogP contribution in [-0.4, -0.2) is 9.91 Å². The highest BCUT2D eigenvalue weighted by molar-refractivity contribution is 7.25. The zero-order chi connectivity index (χ0) is 15.1. The fourth-order valence-corrected chi connectivity index (χ4v) is 3.66. The summed E-state index contributed by atoms with van der Waals surface area (Å²) in [6, 6.07) is 16.9. The minimum Gasteiger partial charge on any atom is -0.258 e. The van der Waals surface area contributed by atoms with Crippen LogP contribution in [0.15, 0.2) is 60.8 Å². The van der Waals surface area contributed by atoms with Crippen LogP contribution in [0.3, 0.4) is 0 Å². The Labute approximate surface area is 129 Å². The number of rotatable bonds is 2. The van der Waals surface area contributed by atoms with Crippen LogP contribution in [0, 0.1) is 10.1 Å². The van der Waals surface area contributed by atoms with E-state index >= 15 is 0 Å². The van der Waals surface area contributed by atoms with E-state index in [-0.39, 0.29) is 10.6 Å². The van der Waals surface area contributed by atoms with Crippen LogP contribution in [0.4, 0.5) is 5.69 Å². The molecule has 22 heavy (non-hydrogen) atoms. The number of pyridine rings is 1. The highest BCUT2D eigenvalue weighted by atomic mass is 32.1. The van der Waals surface area contributed by atoms with Gasteiger partial charge in [0.1, 0.15) is 4.83 Å². The topological polar surface area (TPSA) is 56.0 Å². The van der Waals surface area contributed by atoms with Gasteiger partial charge in [-0.05, 0) is 18.2 Å². The molecule has 0 bridgehead atoms. The van der Waals surface area contributed by atoms with Crippen molar-refractivity contribution in [3.63, 3.8) is 0 Å². The van der Waals surface area contributed by atoms with Gasteiger partial charge in [0.05, 0.1) is 10.5 Å². The zero-order valence-electron chi connectivity index (χ0n) is 11.4. The number of hydrogen-bond acceptors (Lipinski definition) is 4. The lowest BCUT2D eigenvalue weighted by Gasteiger charge is -2.03. The SMILES string of the molecule is O=[N+]([O-])c1ccccc1-c1cnc2sc3ccccc3c2c1. The fraction of sp³-hybridized carbons (Fsp3) is 0. The van der Waals surface area contributed by atoms with Crippen molar-refractivity contribution in [2.24, 2.45) is 0 Å². The first-order valence-corrected chi connectivity index (χ1v) is 7.57. The van der Waals surface area contributed by atoms with Crippen LogP contribution in [0.5, 0.6) is 0 Å². The highest BCUT2D eigenvalue weighted by Gasteiger charge is 2.15. The van der Waals surface area contributed by atoms with E-state index in [1.165, 1.54) is 10.8 Å². The minimum atomic E-state index is -0.356. The Kier molecular flexibility index (Phi) is 2.87. The summed E-state index contributed by atoms with van der Waals surface area (Å²) in [6.07, 6.45) is 1.71. The molecule has 5 heteroatoms. The van der Waals surface area contributed by atoms with E-state index in [1.807, 2.05) is 18.2 Å². The first-order chi connectivity index (χ1) is 10.7. The molecule has 4 rings (SSSR count). The number of hydrogen-bond donors (Lipinski definition) is 0. The summed E-state index contributed by atoms with van der Waals surface area (Å²) in [5.41, 5.74) is 1.46. The van der Waals surface area contributed by atoms with Crippen molar-refractivity contribution in [3.8, 4) is 11.1 Å². The smallest absolute Gasteiger partial charge is 0.258 e. The van der Waals surface area contributed by atoms with Crippen LogP contribution in [0.25, 0.3) is 31.4 Å². The summed E-state index contributed by atoms with van der Waals surface area (Å²) in [7, 11) is 0. The van der Waals surface area contributed by atoms with E-state index in [1.54, 1.807) is 35.7 Å². The molecule has 2 aromatic heterocycles. The molecular formula is C17H10N2O2S. The molecule has 0 fully saturated rings. The van der Waals surface area contributed by atoms with Crippen molar-refractivity contribution in [1.29, 1.82) is 0 Å². The molecule has 0 amide bonds. The van der Waals surface area contributed by atoms with Gasteiger partial charge in [0, 0.05) is 33.3 Å². The lowest BCUT2D eigenvalue weighted by atomic mass is 10.0. The van der Waals surface area contributed by atoms with Gasteiger partial charge in [-0.2, -0.15) is 0 Å². The molecule has 0 aliphatic heterocycles. The third-order valence-corrected chi connectivity index (χ3v) is 4.74. The molecular weight excluding hydrogens is 296 g/mol. The van der Waals surface area contributed by atoms with Crippen LogP contribution >= 0.6 is 11.3 Å². The lowest BCUT2D eigenvalue weighted by Crippen LogP contribution is -1.91. The fourth-order valence-electron chi connectivity index (χ4n) is 2.63. The van der Waals surface area contributed by atoms with Crippen molar-refractivity contribution in [2.45, 2.75) is 0 Å². The average molecular weight is 306 g/mol. The van der Waals surface area contributed by atoms with Crippen molar-refractivity contribution >= 4 is 37.3 Å². The maximum absolute atomic E-state index is 11.2. The largest absolute Gasteiger partial charge is 0.277 e. The molecule has 0 radical (unpaired) electrons. The van der Waals surface area contributed by atoms with Gasteiger partial charge in [0.2, 0.25) is 0 Å². The number of nitro groups is 1. The first-order valence-electron chi connectivity index (χ1n) is 6.75. The molecule has 0 saturated carbocycles. The van der Waals surface area contributed by atoms with Gasteiger partial charge in [0.25, 0.3) is 5.69 Å². The van der Waals surface area contributed by atoms with E-state index < -0.39 is 0 Å². The Morgan fingerprint density at radius 3 is 2.64 bits per heavy atom.